The van der Waals surface area contributed by atoms with E-state index in [1.54, 1.807) is 11.8 Å². The molecule has 1 aliphatic carbocycles. The molecule has 1 aliphatic rings. The largest absolute Gasteiger partial charge is 0.298 e. The third-order valence-electron chi connectivity index (χ3n) is 3.26. The second-order valence-electron chi connectivity index (χ2n) is 4.24. The number of carbonyl (C=O) groups is 1. The van der Waals surface area contributed by atoms with Gasteiger partial charge in [-0.1, -0.05) is 33.1 Å². The smallest absolute Gasteiger partial charge is 0.145 e. The van der Waals surface area contributed by atoms with Gasteiger partial charge in [-0.15, -0.1) is 0 Å². The fourth-order valence-corrected chi connectivity index (χ4v) is 2.92. The highest BCUT2D eigenvalue weighted by Crippen LogP contribution is 2.31. The van der Waals surface area contributed by atoms with E-state index in [2.05, 4.69) is 13.8 Å². The van der Waals surface area contributed by atoms with Gasteiger partial charge in [0, 0.05) is 5.92 Å². The van der Waals surface area contributed by atoms with Crippen molar-refractivity contribution in [2.45, 2.75) is 46.0 Å². The van der Waals surface area contributed by atoms with Crippen LogP contribution in [0.3, 0.4) is 0 Å². The lowest BCUT2D eigenvalue weighted by molar-refractivity contribution is -0.121. The van der Waals surface area contributed by atoms with Crippen LogP contribution in [0.25, 0.3) is 0 Å². The molecule has 0 aliphatic heterocycles. The van der Waals surface area contributed by atoms with Gasteiger partial charge in [-0.05, 0) is 24.5 Å². The standard InChI is InChI=1S/C12H22OS/c1-3-10-6-5-7-11(8-10)12(13)9-14-4-2/h10-11H,3-9H2,1-2H3. The quantitative estimate of drug-likeness (QED) is 0.696. The molecule has 1 rings (SSSR count). The molecule has 0 aromatic carbocycles. The van der Waals surface area contributed by atoms with Crippen LogP contribution in [0, 0.1) is 11.8 Å². The van der Waals surface area contributed by atoms with E-state index in [9.17, 15) is 4.79 Å². The van der Waals surface area contributed by atoms with Crippen molar-refractivity contribution in [3.63, 3.8) is 0 Å². The van der Waals surface area contributed by atoms with Gasteiger partial charge in [0.25, 0.3) is 0 Å². The third-order valence-corrected chi connectivity index (χ3v) is 4.16. The number of carbonyl (C=O) groups excluding carboxylic acids is 1. The zero-order valence-electron chi connectivity index (χ0n) is 9.42. The van der Waals surface area contributed by atoms with Crippen LogP contribution >= 0.6 is 11.8 Å². The van der Waals surface area contributed by atoms with E-state index in [4.69, 9.17) is 0 Å². The summed E-state index contributed by atoms with van der Waals surface area (Å²) >= 11 is 1.77. The summed E-state index contributed by atoms with van der Waals surface area (Å²) in [7, 11) is 0. The lowest BCUT2D eigenvalue weighted by Gasteiger charge is -2.27. The Morgan fingerprint density at radius 2 is 2.14 bits per heavy atom. The molecule has 1 fully saturated rings. The van der Waals surface area contributed by atoms with E-state index < -0.39 is 0 Å². The maximum atomic E-state index is 11.8. The molecule has 0 bridgehead atoms. The Hall–Kier alpha value is 0.0200. The minimum atomic E-state index is 0.396. The molecule has 0 radical (unpaired) electrons. The third kappa shape index (κ3) is 3.64. The van der Waals surface area contributed by atoms with Crippen LogP contribution in [0.15, 0.2) is 0 Å². The first-order chi connectivity index (χ1) is 6.77. The number of Topliss-reactive ketones (excluding diaryl/α,β-unsaturated/α-hetero) is 1. The Morgan fingerprint density at radius 1 is 1.36 bits per heavy atom. The SMILES string of the molecule is CCSCC(=O)C1CCCC(CC)C1. The fraction of sp³-hybridized carbons (Fsp3) is 0.917. The monoisotopic (exact) mass is 214 g/mol. The van der Waals surface area contributed by atoms with E-state index in [0.717, 1.165) is 23.8 Å². The molecule has 2 unspecified atom stereocenters. The van der Waals surface area contributed by atoms with Crippen LogP contribution in [0.1, 0.15) is 46.0 Å². The molecule has 1 nitrogen and oxygen atoms in total. The minimum Gasteiger partial charge on any atom is -0.298 e. The average Bonchev–Trinajstić information content (AvgIpc) is 2.26. The molecule has 0 aromatic heterocycles. The molecule has 82 valence electrons. The zero-order chi connectivity index (χ0) is 10.4. The van der Waals surface area contributed by atoms with Crippen molar-refractivity contribution < 1.29 is 4.79 Å². The summed E-state index contributed by atoms with van der Waals surface area (Å²) in [6.45, 7) is 4.37. The summed E-state index contributed by atoms with van der Waals surface area (Å²) < 4.78 is 0. The second-order valence-corrected chi connectivity index (χ2v) is 5.52. The molecule has 14 heavy (non-hydrogen) atoms. The van der Waals surface area contributed by atoms with Crippen molar-refractivity contribution in [1.29, 1.82) is 0 Å². The number of rotatable bonds is 5. The van der Waals surface area contributed by atoms with Crippen LogP contribution in [-0.4, -0.2) is 17.3 Å². The van der Waals surface area contributed by atoms with E-state index in [1.165, 1.54) is 25.7 Å². The number of thioether (sulfide) groups is 1. The highest BCUT2D eigenvalue weighted by Gasteiger charge is 2.25. The first-order valence-corrected chi connectivity index (χ1v) is 7.03. The molecule has 2 atom stereocenters. The van der Waals surface area contributed by atoms with Crippen LogP contribution in [0.2, 0.25) is 0 Å². The van der Waals surface area contributed by atoms with Gasteiger partial charge in [-0.3, -0.25) is 4.79 Å². The van der Waals surface area contributed by atoms with Crippen LogP contribution in [0.4, 0.5) is 0 Å². The predicted molar refractivity (Wildman–Crippen MR) is 63.7 cm³/mol. The molecule has 0 spiro atoms. The fourth-order valence-electron chi connectivity index (χ4n) is 2.27. The van der Waals surface area contributed by atoms with Gasteiger partial charge in [0.05, 0.1) is 5.75 Å². The van der Waals surface area contributed by atoms with Crippen LogP contribution < -0.4 is 0 Å². The Kier molecular flexibility index (Phi) is 5.61. The van der Waals surface area contributed by atoms with Gasteiger partial charge >= 0.3 is 0 Å². The Labute approximate surface area is 92.0 Å². The van der Waals surface area contributed by atoms with E-state index in [-0.39, 0.29) is 0 Å². The van der Waals surface area contributed by atoms with Gasteiger partial charge in [0.1, 0.15) is 5.78 Å². The first kappa shape index (κ1) is 12.1. The molecule has 0 saturated heterocycles. The summed E-state index contributed by atoms with van der Waals surface area (Å²) in [4.78, 5) is 11.8. The molecular weight excluding hydrogens is 192 g/mol. The number of hydrogen-bond donors (Lipinski definition) is 0. The molecule has 1 saturated carbocycles. The minimum absolute atomic E-state index is 0.396. The topological polar surface area (TPSA) is 17.1 Å². The lowest BCUT2D eigenvalue weighted by atomic mass is 9.78. The summed E-state index contributed by atoms with van der Waals surface area (Å²) in [6.07, 6.45) is 6.19. The van der Waals surface area contributed by atoms with Gasteiger partial charge in [-0.25, -0.2) is 0 Å². The van der Waals surface area contributed by atoms with Gasteiger partial charge in [0.2, 0.25) is 0 Å². The second kappa shape index (κ2) is 6.49. The predicted octanol–water partition coefficient (Wildman–Crippen LogP) is 3.53. The summed E-state index contributed by atoms with van der Waals surface area (Å²) in [6, 6.07) is 0. The van der Waals surface area contributed by atoms with E-state index in [1.807, 2.05) is 0 Å². The average molecular weight is 214 g/mol. The molecular formula is C12H22OS. The van der Waals surface area contributed by atoms with Crippen molar-refractivity contribution in [1.82, 2.24) is 0 Å². The normalized spacial score (nSPS) is 27.6. The van der Waals surface area contributed by atoms with Crippen molar-refractivity contribution >= 4 is 17.5 Å². The maximum Gasteiger partial charge on any atom is 0.145 e. The van der Waals surface area contributed by atoms with Gasteiger partial charge in [0.15, 0.2) is 0 Å². The summed E-state index contributed by atoms with van der Waals surface area (Å²) in [5.74, 6) is 3.54. The Morgan fingerprint density at radius 3 is 2.79 bits per heavy atom. The number of ketones is 1. The highest BCUT2D eigenvalue weighted by atomic mass is 32.2. The van der Waals surface area contributed by atoms with Crippen molar-refractivity contribution in [3.05, 3.63) is 0 Å². The molecule has 2 heteroatoms. The summed E-state index contributed by atoms with van der Waals surface area (Å²) in [5, 5.41) is 0. The Bertz CT molecular complexity index is 179. The Balaban J connectivity index is 2.31. The first-order valence-electron chi connectivity index (χ1n) is 5.88. The van der Waals surface area contributed by atoms with Crippen molar-refractivity contribution in [2.24, 2.45) is 11.8 Å². The van der Waals surface area contributed by atoms with Gasteiger partial charge in [-0.2, -0.15) is 11.8 Å². The number of hydrogen-bond acceptors (Lipinski definition) is 2. The molecule has 0 heterocycles. The lowest BCUT2D eigenvalue weighted by Crippen LogP contribution is -2.24. The van der Waals surface area contributed by atoms with E-state index >= 15 is 0 Å². The van der Waals surface area contributed by atoms with Gasteiger partial charge < -0.3 is 0 Å². The van der Waals surface area contributed by atoms with E-state index in [0.29, 0.717) is 11.7 Å². The highest BCUT2D eigenvalue weighted by molar-refractivity contribution is 7.99. The molecule has 0 N–H and O–H groups in total. The maximum absolute atomic E-state index is 11.8. The molecule has 0 amide bonds. The van der Waals surface area contributed by atoms with Crippen LogP contribution in [-0.2, 0) is 4.79 Å². The zero-order valence-corrected chi connectivity index (χ0v) is 10.2. The molecule has 0 aromatic rings. The van der Waals surface area contributed by atoms with Crippen LogP contribution in [0.5, 0.6) is 0 Å². The van der Waals surface area contributed by atoms with Crippen molar-refractivity contribution in [3.8, 4) is 0 Å². The summed E-state index contributed by atoms with van der Waals surface area (Å²) in [5.41, 5.74) is 0. The van der Waals surface area contributed by atoms with Crippen molar-refractivity contribution in [2.75, 3.05) is 11.5 Å².